The summed E-state index contributed by atoms with van der Waals surface area (Å²) in [6.45, 7) is 6.47. The molecule has 20 heavy (non-hydrogen) atoms. The number of anilines is 2. The van der Waals surface area contributed by atoms with Crippen LogP contribution in [-0.4, -0.2) is 18.2 Å². The SMILES string of the molecule is CCCCCNc1sc(C(=O)C(C)C)c(N)c1C(N)=O. The van der Waals surface area contributed by atoms with Gasteiger partial charge in [-0.25, -0.2) is 0 Å². The second-order valence-electron chi connectivity index (χ2n) is 5.07. The second-order valence-corrected chi connectivity index (χ2v) is 6.09. The summed E-state index contributed by atoms with van der Waals surface area (Å²) in [5, 5.41) is 3.78. The summed E-state index contributed by atoms with van der Waals surface area (Å²) < 4.78 is 0. The van der Waals surface area contributed by atoms with Crippen LogP contribution in [0, 0.1) is 5.92 Å². The Morgan fingerprint density at radius 3 is 2.45 bits per heavy atom. The van der Waals surface area contributed by atoms with Gasteiger partial charge in [0.2, 0.25) is 0 Å². The van der Waals surface area contributed by atoms with Gasteiger partial charge in [-0.05, 0) is 6.42 Å². The van der Waals surface area contributed by atoms with E-state index >= 15 is 0 Å². The molecule has 0 aliphatic heterocycles. The number of thiophene rings is 1. The fourth-order valence-electron chi connectivity index (χ4n) is 1.84. The Balaban J connectivity index is 3.01. The number of carbonyl (C=O) groups is 2. The zero-order valence-electron chi connectivity index (χ0n) is 12.3. The molecule has 1 aromatic rings. The van der Waals surface area contributed by atoms with Crippen molar-refractivity contribution >= 4 is 33.7 Å². The number of Topliss-reactive ketones (excluding diaryl/α,β-unsaturated/α-hetero) is 1. The highest BCUT2D eigenvalue weighted by molar-refractivity contribution is 7.19. The number of ketones is 1. The number of hydrogen-bond acceptors (Lipinski definition) is 5. The summed E-state index contributed by atoms with van der Waals surface area (Å²) in [6.07, 6.45) is 3.23. The summed E-state index contributed by atoms with van der Waals surface area (Å²) in [7, 11) is 0. The van der Waals surface area contributed by atoms with Crippen LogP contribution in [-0.2, 0) is 0 Å². The number of nitrogen functional groups attached to an aromatic ring is 1. The Bertz CT molecular complexity index is 495. The van der Waals surface area contributed by atoms with E-state index in [2.05, 4.69) is 12.2 Å². The lowest BCUT2D eigenvalue weighted by molar-refractivity contribution is 0.0944. The second kappa shape index (κ2) is 7.28. The topological polar surface area (TPSA) is 98.2 Å². The first-order valence-corrected chi connectivity index (χ1v) is 7.71. The smallest absolute Gasteiger partial charge is 0.253 e. The van der Waals surface area contributed by atoms with Gasteiger partial charge in [0.15, 0.2) is 5.78 Å². The van der Waals surface area contributed by atoms with Crippen LogP contribution >= 0.6 is 11.3 Å². The van der Waals surface area contributed by atoms with Crippen LogP contribution in [0.3, 0.4) is 0 Å². The maximum absolute atomic E-state index is 12.1. The highest BCUT2D eigenvalue weighted by atomic mass is 32.1. The molecule has 1 rings (SSSR count). The number of primary amides is 1. The van der Waals surface area contributed by atoms with Crippen molar-refractivity contribution in [2.75, 3.05) is 17.6 Å². The largest absolute Gasteiger partial charge is 0.397 e. The van der Waals surface area contributed by atoms with E-state index in [9.17, 15) is 9.59 Å². The van der Waals surface area contributed by atoms with Crippen LogP contribution in [0.15, 0.2) is 0 Å². The van der Waals surface area contributed by atoms with Crippen molar-refractivity contribution in [3.8, 4) is 0 Å². The summed E-state index contributed by atoms with van der Waals surface area (Å²) in [4.78, 5) is 24.0. The van der Waals surface area contributed by atoms with Crippen molar-refractivity contribution in [2.24, 2.45) is 11.7 Å². The van der Waals surface area contributed by atoms with Gasteiger partial charge in [0.05, 0.1) is 16.1 Å². The van der Waals surface area contributed by atoms with Gasteiger partial charge in [0.1, 0.15) is 5.00 Å². The van der Waals surface area contributed by atoms with Gasteiger partial charge in [0, 0.05) is 12.5 Å². The maximum atomic E-state index is 12.1. The molecule has 5 nitrogen and oxygen atoms in total. The predicted octanol–water partition coefficient (Wildman–Crippen LogP) is 2.87. The normalized spacial score (nSPS) is 10.8. The third-order valence-corrected chi connectivity index (χ3v) is 4.18. The molecule has 1 amide bonds. The molecule has 0 aliphatic carbocycles. The molecule has 0 saturated heterocycles. The molecule has 0 fully saturated rings. The van der Waals surface area contributed by atoms with Crippen molar-refractivity contribution in [2.45, 2.75) is 40.0 Å². The van der Waals surface area contributed by atoms with Gasteiger partial charge in [-0.15, -0.1) is 11.3 Å². The van der Waals surface area contributed by atoms with E-state index in [1.165, 1.54) is 11.3 Å². The predicted molar refractivity (Wildman–Crippen MR) is 84.4 cm³/mol. The summed E-state index contributed by atoms with van der Waals surface area (Å²) >= 11 is 1.22. The van der Waals surface area contributed by atoms with Gasteiger partial charge >= 0.3 is 0 Å². The Labute approximate surface area is 123 Å². The molecule has 0 spiro atoms. The molecule has 5 N–H and O–H groups in total. The Kier molecular flexibility index (Phi) is 6.01. The summed E-state index contributed by atoms with van der Waals surface area (Å²) in [5.41, 5.74) is 11.7. The van der Waals surface area contributed by atoms with Crippen molar-refractivity contribution in [1.82, 2.24) is 0 Å². The van der Waals surface area contributed by atoms with Gasteiger partial charge in [0.25, 0.3) is 5.91 Å². The van der Waals surface area contributed by atoms with Crippen molar-refractivity contribution < 1.29 is 9.59 Å². The number of unbranched alkanes of at least 4 members (excludes halogenated alkanes) is 2. The molecule has 6 heteroatoms. The highest BCUT2D eigenvalue weighted by Gasteiger charge is 2.25. The number of nitrogens with one attached hydrogen (secondary N) is 1. The first-order chi connectivity index (χ1) is 9.40. The Morgan fingerprint density at radius 1 is 1.30 bits per heavy atom. The average molecular weight is 297 g/mol. The van der Waals surface area contributed by atoms with E-state index in [0.29, 0.717) is 9.88 Å². The minimum Gasteiger partial charge on any atom is -0.397 e. The molecule has 0 aliphatic rings. The average Bonchev–Trinajstić information content (AvgIpc) is 2.70. The van der Waals surface area contributed by atoms with Crippen LogP contribution in [0.5, 0.6) is 0 Å². The minimum atomic E-state index is -0.598. The summed E-state index contributed by atoms with van der Waals surface area (Å²) in [5.74, 6) is -0.819. The van der Waals surface area contributed by atoms with Crippen molar-refractivity contribution in [3.63, 3.8) is 0 Å². The molecule has 112 valence electrons. The molecule has 1 heterocycles. The highest BCUT2D eigenvalue weighted by Crippen LogP contribution is 2.36. The summed E-state index contributed by atoms with van der Waals surface area (Å²) in [6, 6.07) is 0. The van der Waals surface area contributed by atoms with Crippen LogP contribution in [0.4, 0.5) is 10.7 Å². The number of carbonyl (C=O) groups excluding carboxylic acids is 2. The molecule has 0 saturated carbocycles. The van der Waals surface area contributed by atoms with Gasteiger partial charge in [-0.1, -0.05) is 33.6 Å². The lowest BCUT2D eigenvalue weighted by atomic mass is 10.1. The van der Waals surface area contributed by atoms with E-state index in [1.807, 2.05) is 0 Å². The molecular weight excluding hydrogens is 274 g/mol. The van der Waals surface area contributed by atoms with E-state index in [-0.39, 0.29) is 23.0 Å². The third-order valence-electron chi connectivity index (χ3n) is 3.01. The van der Waals surface area contributed by atoms with Gasteiger partial charge in [-0.3, -0.25) is 9.59 Å². The number of hydrogen-bond donors (Lipinski definition) is 3. The lowest BCUT2D eigenvalue weighted by Crippen LogP contribution is -2.16. The fourth-order valence-corrected chi connectivity index (χ4v) is 3.07. The van der Waals surface area contributed by atoms with E-state index < -0.39 is 5.91 Å². The molecule has 0 radical (unpaired) electrons. The van der Waals surface area contributed by atoms with Gasteiger partial charge < -0.3 is 16.8 Å². The maximum Gasteiger partial charge on any atom is 0.253 e. The number of amides is 1. The fraction of sp³-hybridized carbons (Fsp3) is 0.571. The molecule has 0 bridgehead atoms. The van der Waals surface area contributed by atoms with Crippen LogP contribution in [0.2, 0.25) is 0 Å². The molecule has 0 unspecified atom stereocenters. The molecule has 1 aromatic heterocycles. The third kappa shape index (κ3) is 3.72. The Hall–Kier alpha value is -1.56. The van der Waals surface area contributed by atoms with Gasteiger partial charge in [-0.2, -0.15) is 0 Å². The monoisotopic (exact) mass is 297 g/mol. The van der Waals surface area contributed by atoms with E-state index in [0.717, 1.165) is 25.8 Å². The Morgan fingerprint density at radius 2 is 1.95 bits per heavy atom. The van der Waals surface area contributed by atoms with E-state index in [4.69, 9.17) is 11.5 Å². The number of nitrogens with two attached hydrogens (primary N) is 2. The van der Waals surface area contributed by atoms with Crippen molar-refractivity contribution in [1.29, 1.82) is 0 Å². The molecule has 0 aromatic carbocycles. The first kappa shape index (κ1) is 16.5. The first-order valence-electron chi connectivity index (χ1n) is 6.90. The van der Waals surface area contributed by atoms with Crippen LogP contribution in [0.1, 0.15) is 60.1 Å². The van der Waals surface area contributed by atoms with E-state index in [1.54, 1.807) is 13.8 Å². The zero-order valence-corrected chi connectivity index (χ0v) is 13.1. The number of rotatable bonds is 8. The standard InChI is InChI=1S/C14H23N3O2S/c1-4-5-6-7-17-14-9(13(16)19)10(15)12(20-14)11(18)8(2)3/h8,17H,4-7,15H2,1-3H3,(H2,16,19). The lowest BCUT2D eigenvalue weighted by Gasteiger charge is -2.05. The van der Waals surface area contributed by atoms with Crippen LogP contribution in [0.25, 0.3) is 0 Å². The quantitative estimate of drug-likeness (QED) is 0.507. The van der Waals surface area contributed by atoms with Crippen LogP contribution < -0.4 is 16.8 Å². The minimum absolute atomic E-state index is 0.0587. The van der Waals surface area contributed by atoms with Crippen molar-refractivity contribution in [3.05, 3.63) is 10.4 Å². The molecule has 0 atom stereocenters. The zero-order chi connectivity index (χ0) is 15.3. The molecular formula is C14H23N3O2S.